The number of amides is 2. The van der Waals surface area contributed by atoms with Gasteiger partial charge in [0.15, 0.2) is 0 Å². The maximum Gasteiger partial charge on any atom is 0.256 e. The standard InChI is InChI=1S/C24H22N2O3/c1-29-22-16-18(13-14-21(22)26-15-7-12-23(26)27)25-24(28)20-11-6-5-10-19(20)17-8-3-2-4-9-17/h2-6,8-11,13-14,16H,7,12,15H2,1H3,(H,25,28). The Kier molecular flexibility index (Phi) is 5.29. The first-order chi connectivity index (χ1) is 14.2. The summed E-state index contributed by atoms with van der Waals surface area (Å²) >= 11 is 0. The van der Waals surface area contributed by atoms with Crippen LogP contribution in [0.1, 0.15) is 23.2 Å². The van der Waals surface area contributed by atoms with Crippen LogP contribution in [0, 0.1) is 0 Å². The lowest BCUT2D eigenvalue weighted by molar-refractivity contribution is -0.117. The van der Waals surface area contributed by atoms with E-state index in [-0.39, 0.29) is 11.8 Å². The third kappa shape index (κ3) is 3.85. The van der Waals surface area contributed by atoms with Gasteiger partial charge in [-0.15, -0.1) is 0 Å². The second-order valence-corrected chi connectivity index (χ2v) is 6.90. The first-order valence-corrected chi connectivity index (χ1v) is 9.61. The highest BCUT2D eigenvalue weighted by Gasteiger charge is 2.24. The summed E-state index contributed by atoms with van der Waals surface area (Å²) < 4.78 is 5.48. The summed E-state index contributed by atoms with van der Waals surface area (Å²) in [7, 11) is 1.57. The molecule has 3 aromatic rings. The molecule has 0 unspecified atom stereocenters. The average molecular weight is 386 g/mol. The zero-order chi connectivity index (χ0) is 20.2. The topological polar surface area (TPSA) is 58.6 Å². The molecule has 5 nitrogen and oxygen atoms in total. The van der Waals surface area contributed by atoms with Gasteiger partial charge in [0, 0.05) is 30.3 Å². The van der Waals surface area contributed by atoms with Gasteiger partial charge in [-0.05, 0) is 35.7 Å². The number of benzene rings is 3. The van der Waals surface area contributed by atoms with Crippen LogP contribution in [0.15, 0.2) is 72.8 Å². The number of carbonyl (C=O) groups is 2. The predicted molar refractivity (Wildman–Crippen MR) is 114 cm³/mol. The van der Waals surface area contributed by atoms with Crippen molar-refractivity contribution < 1.29 is 14.3 Å². The number of nitrogens with one attached hydrogen (secondary N) is 1. The maximum absolute atomic E-state index is 13.0. The molecule has 0 aliphatic carbocycles. The van der Waals surface area contributed by atoms with E-state index in [9.17, 15) is 9.59 Å². The van der Waals surface area contributed by atoms with Crippen molar-refractivity contribution in [3.8, 4) is 16.9 Å². The van der Waals surface area contributed by atoms with Crippen LogP contribution >= 0.6 is 0 Å². The number of hydrogen-bond acceptors (Lipinski definition) is 3. The molecule has 0 bridgehead atoms. The molecule has 1 heterocycles. The summed E-state index contributed by atoms with van der Waals surface area (Å²) in [5.41, 5.74) is 3.80. The number of nitrogens with zero attached hydrogens (tertiary/aromatic N) is 1. The fraction of sp³-hybridized carbons (Fsp3) is 0.167. The fourth-order valence-corrected chi connectivity index (χ4v) is 3.63. The van der Waals surface area contributed by atoms with Gasteiger partial charge in [0.1, 0.15) is 5.75 Å². The van der Waals surface area contributed by atoms with E-state index in [2.05, 4.69) is 5.32 Å². The summed E-state index contributed by atoms with van der Waals surface area (Å²) in [4.78, 5) is 26.8. The molecule has 29 heavy (non-hydrogen) atoms. The van der Waals surface area contributed by atoms with Gasteiger partial charge in [0.2, 0.25) is 5.91 Å². The maximum atomic E-state index is 13.0. The molecule has 146 valence electrons. The van der Waals surface area contributed by atoms with E-state index in [0.717, 1.165) is 23.2 Å². The van der Waals surface area contributed by atoms with Crippen LogP contribution in [0.2, 0.25) is 0 Å². The molecule has 0 aromatic heterocycles. The molecule has 1 saturated heterocycles. The SMILES string of the molecule is COc1cc(NC(=O)c2ccccc2-c2ccccc2)ccc1N1CCCC1=O. The monoisotopic (exact) mass is 386 g/mol. The molecule has 2 amide bonds. The summed E-state index contributed by atoms with van der Waals surface area (Å²) in [5, 5.41) is 2.95. The Bertz CT molecular complexity index is 1050. The van der Waals surface area contributed by atoms with Crippen molar-refractivity contribution in [2.75, 3.05) is 23.9 Å². The van der Waals surface area contributed by atoms with Gasteiger partial charge in [0.05, 0.1) is 12.8 Å². The second-order valence-electron chi connectivity index (χ2n) is 6.90. The number of rotatable bonds is 5. The highest BCUT2D eigenvalue weighted by molar-refractivity contribution is 6.09. The van der Waals surface area contributed by atoms with Gasteiger partial charge in [-0.3, -0.25) is 9.59 Å². The minimum Gasteiger partial charge on any atom is -0.494 e. The Labute approximate surface area is 169 Å². The normalized spacial score (nSPS) is 13.4. The summed E-state index contributed by atoms with van der Waals surface area (Å²) in [5.74, 6) is 0.461. The van der Waals surface area contributed by atoms with E-state index >= 15 is 0 Å². The zero-order valence-corrected chi connectivity index (χ0v) is 16.2. The van der Waals surface area contributed by atoms with Gasteiger partial charge in [0.25, 0.3) is 5.91 Å². The van der Waals surface area contributed by atoms with E-state index in [1.54, 1.807) is 24.1 Å². The molecule has 0 saturated carbocycles. The quantitative estimate of drug-likeness (QED) is 0.689. The average Bonchev–Trinajstić information content (AvgIpc) is 3.20. The lowest BCUT2D eigenvalue weighted by Crippen LogP contribution is -2.24. The Balaban J connectivity index is 1.60. The van der Waals surface area contributed by atoms with Gasteiger partial charge >= 0.3 is 0 Å². The van der Waals surface area contributed by atoms with Crippen molar-refractivity contribution in [1.82, 2.24) is 0 Å². The van der Waals surface area contributed by atoms with E-state index < -0.39 is 0 Å². The molecule has 1 fully saturated rings. The number of anilines is 2. The minimum absolute atomic E-state index is 0.0943. The van der Waals surface area contributed by atoms with Crippen molar-refractivity contribution in [2.24, 2.45) is 0 Å². The van der Waals surface area contributed by atoms with Crippen molar-refractivity contribution in [3.05, 3.63) is 78.4 Å². The Morgan fingerprint density at radius 3 is 2.48 bits per heavy atom. The Morgan fingerprint density at radius 1 is 1.00 bits per heavy atom. The lowest BCUT2D eigenvalue weighted by Gasteiger charge is -2.20. The molecule has 3 aromatic carbocycles. The van der Waals surface area contributed by atoms with Crippen LogP contribution in [0.4, 0.5) is 11.4 Å². The van der Waals surface area contributed by atoms with Crippen LogP contribution in [0.3, 0.4) is 0 Å². The first-order valence-electron chi connectivity index (χ1n) is 9.61. The van der Waals surface area contributed by atoms with Crippen molar-refractivity contribution in [1.29, 1.82) is 0 Å². The van der Waals surface area contributed by atoms with Crippen LogP contribution in [-0.2, 0) is 4.79 Å². The Morgan fingerprint density at radius 2 is 1.76 bits per heavy atom. The number of carbonyl (C=O) groups excluding carboxylic acids is 2. The molecule has 1 N–H and O–H groups in total. The number of methoxy groups -OCH3 is 1. The molecule has 0 spiro atoms. The third-order valence-corrected chi connectivity index (χ3v) is 5.06. The highest BCUT2D eigenvalue weighted by Crippen LogP contribution is 2.34. The van der Waals surface area contributed by atoms with Crippen molar-refractivity contribution in [3.63, 3.8) is 0 Å². The molecule has 1 aliphatic rings. The summed E-state index contributed by atoms with van der Waals surface area (Å²) in [6.07, 6.45) is 1.40. The van der Waals surface area contributed by atoms with Crippen LogP contribution in [0.25, 0.3) is 11.1 Å². The predicted octanol–water partition coefficient (Wildman–Crippen LogP) is 4.74. The van der Waals surface area contributed by atoms with Crippen molar-refractivity contribution in [2.45, 2.75) is 12.8 Å². The zero-order valence-electron chi connectivity index (χ0n) is 16.2. The van der Waals surface area contributed by atoms with Crippen molar-refractivity contribution >= 4 is 23.2 Å². The molecular formula is C24H22N2O3. The van der Waals surface area contributed by atoms with Crippen LogP contribution in [-0.4, -0.2) is 25.5 Å². The molecular weight excluding hydrogens is 364 g/mol. The third-order valence-electron chi connectivity index (χ3n) is 5.06. The molecule has 0 atom stereocenters. The highest BCUT2D eigenvalue weighted by atomic mass is 16.5. The van der Waals surface area contributed by atoms with Gasteiger partial charge in [-0.2, -0.15) is 0 Å². The molecule has 0 radical (unpaired) electrons. The van der Waals surface area contributed by atoms with Crippen LogP contribution < -0.4 is 15.0 Å². The smallest absolute Gasteiger partial charge is 0.256 e. The number of ether oxygens (including phenoxy) is 1. The minimum atomic E-state index is -0.198. The van der Waals surface area contributed by atoms with E-state index in [4.69, 9.17) is 4.74 Å². The van der Waals surface area contributed by atoms with Gasteiger partial charge in [-0.25, -0.2) is 0 Å². The summed E-state index contributed by atoms with van der Waals surface area (Å²) in [6.45, 7) is 0.686. The lowest BCUT2D eigenvalue weighted by atomic mass is 9.99. The van der Waals surface area contributed by atoms with Gasteiger partial charge in [-0.1, -0.05) is 48.5 Å². The molecule has 5 heteroatoms. The van der Waals surface area contributed by atoms with E-state index in [1.807, 2.05) is 60.7 Å². The largest absolute Gasteiger partial charge is 0.494 e. The number of hydrogen-bond donors (Lipinski definition) is 1. The molecule has 1 aliphatic heterocycles. The fourth-order valence-electron chi connectivity index (χ4n) is 3.63. The van der Waals surface area contributed by atoms with Gasteiger partial charge < -0.3 is 15.0 Å². The van der Waals surface area contributed by atoms with E-state index in [1.165, 1.54) is 0 Å². The van der Waals surface area contributed by atoms with Crippen LogP contribution in [0.5, 0.6) is 5.75 Å². The summed E-state index contributed by atoms with van der Waals surface area (Å²) in [6, 6.07) is 22.7. The van der Waals surface area contributed by atoms with E-state index in [0.29, 0.717) is 30.0 Å². The first kappa shape index (κ1) is 18.7. The Hall–Kier alpha value is -3.60. The second kappa shape index (κ2) is 8.19. The molecule has 4 rings (SSSR count).